The summed E-state index contributed by atoms with van der Waals surface area (Å²) in [6.45, 7) is 1.61. The number of benzene rings is 3. The molecule has 0 radical (unpaired) electrons. The normalized spacial score (nSPS) is 23.5. The van der Waals surface area contributed by atoms with E-state index in [0.29, 0.717) is 45.1 Å². The number of rotatable bonds is 6. The molecule has 0 spiro atoms. The van der Waals surface area contributed by atoms with Crippen LogP contribution in [0.25, 0.3) is 0 Å². The number of Topliss-reactive ketones (excluding diaryl/α,β-unsaturated/α-hetero) is 1. The maximum Gasteiger partial charge on any atom is 0.238 e. The first-order chi connectivity index (χ1) is 23.1. The second-order valence-electron chi connectivity index (χ2n) is 12.8. The number of aromatic hydroxyl groups is 1. The van der Waals surface area contributed by atoms with Crippen molar-refractivity contribution in [1.29, 1.82) is 0 Å². The highest BCUT2D eigenvalue weighted by Gasteiger charge is 2.56. The number of hydrogen-bond donors (Lipinski definition) is 1. The highest BCUT2D eigenvalue weighted by atomic mass is 16.5. The molecule has 3 aliphatic carbocycles. The molecule has 3 aromatic rings. The van der Waals surface area contributed by atoms with Crippen molar-refractivity contribution in [1.82, 2.24) is 0 Å². The van der Waals surface area contributed by atoms with Crippen molar-refractivity contribution < 1.29 is 29.0 Å². The number of phenols is 1. The molecule has 0 saturated carbocycles. The van der Waals surface area contributed by atoms with Crippen LogP contribution >= 0.6 is 0 Å². The Morgan fingerprint density at radius 2 is 1.54 bits per heavy atom. The number of methoxy groups -OCH3 is 1. The fraction of sp³-hybridized carbons (Fsp3) is 0.263. The van der Waals surface area contributed by atoms with Gasteiger partial charge >= 0.3 is 0 Å². The van der Waals surface area contributed by atoms with Gasteiger partial charge in [-0.15, -0.1) is 0 Å². The molecule has 7 rings (SSSR count). The molecule has 1 heterocycles. The highest BCUT2D eigenvalue weighted by molar-refractivity contribution is 6.25. The third-order valence-corrected chi connectivity index (χ3v) is 9.87. The first-order valence-corrected chi connectivity index (χ1v) is 15.8. The average molecular weight is 643 g/mol. The summed E-state index contributed by atoms with van der Waals surface area (Å²) < 4.78 is 5.43. The van der Waals surface area contributed by atoms with E-state index in [1.807, 2.05) is 49.3 Å². The second-order valence-corrected chi connectivity index (χ2v) is 12.8. The molecular formula is C38H34N4O6. The molecule has 242 valence electrons. The molecular weight excluding hydrogens is 608 g/mol. The molecule has 4 atom stereocenters. The molecule has 0 aromatic heterocycles. The van der Waals surface area contributed by atoms with Gasteiger partial charge in [0, 0.05) is 48.0 Å². The van der Waals surface area contributed by atoms with Gasteiger partial charge < -0.3 is 14.7 Å². The number of nitrogens with zero attached hydrogens (tertiary/aromatic N) is 4. The van der Waals surface area contributed by atoms with E-state index in [1.54, 1.807) is 43.3 Å². The number of carbonyl (C=O) groups excluding carboxylic acids is 4. The molecule has 2 amide bonds. The third-order valence-electron chi connectivity index (χ3n) is 9.87. The summed E-state index contributed by atoms with van der Waals surface area (Å²) in [6, 6.07) is 19.2. The summed E-state index contributed by atoms with van der Waals surface area (Å²) in [5.74, 6) is -3.43. The fourth-order valence-electron chi connectivity index (χ4n) is 7.46. The van der Waals surface area contributed by atoms with Gasteiger partial charge in [0.05, 0.1) is 36.0 Å². The number of amides is 2. The van der Waals surface area contributed by atoms with E-state index >= 15 is 0 Å². The van der Waals surface area contributed by atoms with Crippen LogP contribution in [-0.2, 0) is 19.2 Å². The van der Waals surface area contributed by atoms with E-state index in [-0.39, 0.29) is 42.0 Å². The van der Waals surface area contributed by atoms with Crippen LogP contribution in [0.5, 0.6) is 11.5 Å². The standard InChI is InChI=1S/C38H34N4O6/c1-20-17-32(44)30-19-28-26(33(35(30)36(20)45)29-18-25(48-4)13-16-31(29)43)14-15-27-34(28)38(47)42(37(27)46)24-11-7-22(8-12-24)40-39-21-5-9-23(10-6-21)41(2)3/h5-14,16-18,27-28,33-34,43H,15,19H2,1-4H3/t27-,28+,33+,34-/m0/s1. The Labute approximate surface area is 277 Å². The number of imide groups is 1. The number of fused-ring (bicyclic) bond motifs is 3. The summed E-state index contributed by atoms with van der Waals surface area (Å²) in [5.41, 5.74) is 4.86. The van der Waals surface area contributed by atoms with E-state index < -0.39 is 23.7 Å². The molecule has 0 unspecified atom stereocenters. The predicted octanol–water partition coefficient (Wildman–Crippen LogP) is 6.52. The first kappa shape index (κ1) is 31.0. The SMILES string of the molecule is COc1ccc(O)c([C@H]2C3=CC[C@@H]4C(=O)N(c5ccc(N=Nc6ccc(N(C)C)cc6)cc5)C(=O)[C@@H]4[C@@H]3CC3=C2C(=O)C(C)=CC3=O)c1. The summed E-state index contributed by atoms with van der Waals surface area (Å²) in [6.07, 6.45) is 3.70. The predicted molar refractivity (Wildman–Crippen MR) is 180 cm³/mol. The van der Waals surface area contributed by atoms with Crippen molar-refractivity contribution in [3.8, 4) is 11.5 Å². The van der Waals surface area contributed by atoms with Crippen LogP contribution in [0.3, 0.4) is 0 Å². The Morgan fingerprint density at radius 3 is 2.19 bits per heavy atom. The largest absolute Gasteiger partial charge is 0.508 e. The number of carbonyl (C=O) groups is 4. The first-order valence-electron chi connectivity index (χ1n) is 15.8. The summed E-state index contributed by atoms with van der Waals surface area (Å²) in [5, 5.41) is 19.7. The maximum absolute atomic E-state index is 14.2. The van der Waals surface area contributed by atoms with Gasteiger partial charge in [0.2, 0.25) is 11.8 Å². The van der Waals surface area contributed by atoms with E-state index in [1.165, 1.54) is 24.2 Å². The number of ether oxygens (including phenoxy) is 1. The van der Waals surface area contributed by atoms with Crippen molar-refractivity contribution in [2.24, 2.45) is 28.0 Å². The maximum atomic E-state index is 14.2. The van der Waals surface area contributed by atoms with E-state index in [2.05, 4.69) is 10.2 Å². The Kier molecular flexibility index (Phi) is 7.66. The smallest absolute Gasteiger partial charge is 0.238 e. The van der Waals surface area contributed by atoms with E-state index in [4.69, 9.17) is 4.74 Å². The van der Waals surface area contributed by atoms with Gasteiger partial charge in [-0.3, -0.25) is 24.1 Å². The van der Waals surface area contributed by atoms with Crippen LogP contribution < -0.4 is 14.5 Å². The number of ketones is 2. The van der Waals surface area contributed by atoms with Gasteiger partial charge in [0.15, 0.2) is 11.6 Å². The number of allylic oxidation sites excluding steroid dienone is 6. The third kappa shape index (κ3) is 5.04. The van der Waals surface area contributed by atoms with Crippen molar-refractivity contribution in [2.75, 3.05) is 31.0 Å². The monoisotopic (exact) mass is 642 g/mol. The Balaban J connectivity index is 1.20. The minimum absolute atomic E-state index is 0.0537. The molecule has 3 aromatic carbocycles. The molecule has 1 saturated heterocycles. The van der Waals surface area contributed by atoms with Crippen molar-refractivity contribution in [3.05, 3.63) is 107 Å². The van der Waals surface area contributed by atoms with Crippen molar-refractivity contribution >= 4 is 46.1 Å². The molecule has 0 bridgehead atoms. The quantitative estimate of drug-likeness (QED) is 0.140. The van der Waals surface area contributed by atoms with Gasteiger partial charge in [0.25, 0.3) is 0 Å². The molecule has 1 aliphatic heterocycles. The van der Waals surface area contributed by atoms with Gasteiger partial charge in [-0.25, -0.2) is 0 Å². The molecule has 10 nitrogen and oxygen atoms in total. The lowest BCUT2D eigenvalue weighted by atomic mass is 9.59. The number of azo groups is 1. The van der Waals surface area contributed by atoms with Gasteiger partial charge in [0.1, 0.15) is 11.5 Å². The van der Waals surface area contributed by atoms with Gasteiger partial charge in [-0.2, -0.15) is 10.2 Å². The summed E-state index contributed by atoms with van der Waals surface area (Å²) in [4.78, 5) is 58.4. The second kappa shape index (κ2) is 11.9. The van der Waals surface area contributed by atoms with Crippen LogP contribution in [0, 0.1) is 17.8 Å². The minimum Gasteiger partial charge on any atom is -0.508 e. The highest BCUT2D eigenvalue weighted by Crippen LogP contribution is 2.56. The van der Waals surface area contributed by atoms with Crippen LogP contribution in [0.2, 0.25) is 0 Å². The Morgan fingerprint density at radius 1 is 0.875 bits per heavy atom. The van der Waals surface area contributed by atoms with Gasteiger partial charge in [-0.1, -0.05) is 11.6 Å². The number of hydrogen-bond acceptors (Lipinski definition) is 9. The lowest BCUT2D eigenvalue weighted by Crippen LogP contribution is -2.39. The van der Waals surface area contributed by atoms with Crippen molar-refractivity contribution in [2.45, 2.75) is 25.7 Å². The van der Waals surface area contributed by atoms with Crippen LogP contribution in [0.1, 0.15) is 31.2 Å². The lowest BCUT2D eigenvalue weighted by molar-refractivity contribution is -0.123. The van der Waals surface area contributed by atoms with Crippen LogP contribution in [-0.4, -0.2) is 49.7 Å². The molecule has 48 heavy (non-hydrogen) atoms. The fourth-order valence-corrected chi connectivity index (χ4v) is 7.46. The van der Waals surface area contributed by atoms with E-state index in [9.17, 15) is 24.3 Å². The summed E-state index contributed by atoms with van der Waals surface area (Å²) >= 11 is 0. The number of phenolic OH excluding ortho intramolecular Hbond substituents is 1. The number of anilines is 2. The zero-order valence-corrected chi connectivity index (χ0v) is 27.0. The molecule has 1 fully saturated rings. The Hall–Kier alpha value is -5.64. The molecule has 4 aliphatic rings. The van der Waals surface area contributed by atoms with Crippen molar-refractivity contribution in [3.63, 3.8) is 0 Å². The topological polar surface area (TPSA) is 129 Å². The Bertz CT molecular complexity index is 2010. The zero-order valence-electron chi connectivity index (χ0n) is 27.0. The van der Waals surface area contributed by atoms with Gasteiger partial charge in [-0.05, 0) is 98.5 Å². The summed E-state index contributed by atoms with van der Waals surface area (Å²) in [7, 11) is 5.43. The van der Waals surface area contributed by atoms with E-state index in [0.717, 1.165) is 11.3 Å². The molecule has 10 heteroatoms. The minimum atomic E-state index is -0.768. The zero-order chi connectivity index (χ0) is 33.9. The van der Waals surface area contributed by atoms with Crippen LogP contribution in [0.4, 0.5) is 22.7 Å². The lowest BCUT2D eigenvalue weighted by Gasteiger charge is -2.42. The average Bonchev–Trinajstić information content (AvgIpc) is 3.35. The van der Waals surface area contributed by atoms with Crippen LogP contribution in [0.15, 0.2) is 111 Å². The molecule has 1 N–H and O–H groups in total.